The van der Waals surface area contributed by atoms with E-state index >= 15 is 0 Å². The Morgan fingerprint density at radius 1 is 1.17 bits per heavy atom. The van der Waals surface area contributed by atoms with Crippen LogP contribution in [0.15, 0.2) is 47.3 Å². The average molecular weight is 330 g/mol. The molecule has 0 bridgehead atoms. The fraction of sp³-hybridized carbons (Fsp3) is 0.0625. The summed E-state index contributed by atoms with van der Waals surface area (Å²) in [5.74, 6) is -1.88. The molecule has 122 valence electrons. The first-order chi connectivity index (χ1) is 11.4. The Kier molecular flexibility index (Phi) is 3.95. The van der Waals surface area contributed by atoms with Crippen molar-refractivity contribution in [3.63, 3.8) is 0 Å². The number of rotatable bonds is 3. The second kappa shape index (κ2) is 6.07. The van der Waals surface area contributed by atoms with E-state index in [2.05, 4.69) is 10.4 Å². The van der Waals surface area contributed by atoms with Crippen molar-refractivity contribution in [3.8, 4) is 0 Å². The Hall–Kier alpha value is -3.29. The van der Waals surface area contributed by atoms with Gasteiger partial charge in [-0.05, 0) is 29.8 Å². The summed E-state index contributed by atoms with van der Waals surface area (Å²) in [5, 5.41) is 0.108. The lowest BCUT2D eigenvalue weighted by atomic mass is 10.1. The van der Waals surface area contributed by atoms with Gasteiger partial charge in [-0.2, -0.15) is 4.68 Å². The van der Waals surface area contributed by atoms with E-state index in [1.54, 1.807) is 6.07 Å². The number of nitrogens with two attached hydrogens (primary N) is 1. The van der Waals surface area contributed by atoms with Gasteiger partial charge in [0.05, 0.1) is 17.3 Å². The molecular formula is C16H12F2N4O2. The van der Waals surface area contributed by atoms with Crippen LogP contribution < -0.4 is 16.7 Å². The summed E-state index contributed by atoms with van der Waals surface area (Å²) in [6.07, 6.45) is -0.148. The Bertz CT molecular complexity index is 1000. The first kappa shape index (κ1) is 15.6. The van der Waals surface area contributed by atoms with Crippen LogP contribution in [-0.4, -0.2) is 15.6 Å². The van der Waals surface area contributed by atoms with Crippen LogP contribution in [0.3, 0.4) is 0 Å². The number of benzene rings is 2. The van der Waals surface area contributed by atoms with Crippen molar-refractivity contribution < 1.29 is 13.6 Å². The van der Waals surface area contributed by atoms with Crippen molar-refractivity contribution in [1.82, 2.24) is 9.66 Å². The minimum atomic E-state index is -0.634. The number of nitrogens with zero attached hydrogens (tertiary/aromatic N) is 2. The first-order valence-corrected chi connectivity index (χ1v) is 6.96. The Balaban J connectivity index is 1.91. The number of hydrogen-bond acceptors (Lipinski definition) is 4. The minimum absolute atomic E-state index is 0.0909. The zero-order valence-electron chi connectivity index (χ0n) is 12.3. The highest BCUT2D eigenvalue weighted by Crippen LogP contribution is 2.11. The van der Waals surface area contributed by atoms with Gasteiger partial charge in [0.15, 0.2) is 0 Å². The van der Waals surface area contributed by atoms with Crippen LogP contribution in [-0.2, 0) is 11.2 Å². The maximum Gasteiger partial charge on any atom is 0.281 e. The number of hydrogen-bond donors (Lipinski definition) is 2. The zero-order chi connectivity index (χ0) is 17.3. The molecule has 3 N–H and O–H groups in total. The molecule has 24 heavy (non-hydrogen) atoms. The predicted molar refractivity (Wildman–Crippen MR) is 84.8 cm³/mol. The quantitative estimate of drug-likeness (QED) is 0.763. The molecule has 1 aromatic heterocycles. The number of amides is 1. The molecule has 3 aromatic rings. The summed E-state index contributed by atoms with van der Waals surface area (Å²) in [6.45, 7) is 0. The van der Waals surface area contributed by atoms with Gasteiger partial charge in [0.1, 0.15) is 11.6 Å². The van der Waals surface area contributed by atoms with E-state index in [0.29, 0.717) is 5.56 Å². The van der Waals surface area contributed by atoms with E-state index in [4.69, 9.17) is 5.73 Å². The normalized spacial score (nSPS) is 10.8. The number of nitrogens with one attached hydrogen (secondary N) is 1. The largest absolute Gasteiger partial charge is 0.368 e. The molecule has 0 spiro atoms. The van der Waals surface area contributed by atoms with Crippen molar-refractivity contribution in [3.05, 3.63) is 70.0 Å². The highest BCUT2D eigenvalue weighted by molar-refractivity contribution is 5.87. The fourth-order valence-corrected chi connectivity index (χ4v) is 2.28. The maximum atomic E-state index is 13.2. The van der Waals surface area contributed by atoms with E-state index in [1.165, 1.54) is 24.3 Å². The van der Waals surface area contributed by atoms with Gasteiger partial charge in [0.2, 0.25) is 11.9 Å². The number of carbonyl (C=O) groups is 1. The van der Waals surface area contributed by atoms with Crippen molar-refractivity contribution in [2.24, 2.45) is 0 Å². The topological polar surface area (TPSA) is 90.0 Å². The third-order valence-corrected chi connectivity index (χ3v) is 3.35. The monoisotopic (exact) mass is 330 g/mol. The van der Waals surface area contributed by atoms with Crippen molar-refractivity contribution in [2.75, 3.05) is 11.2 Å². The van der Waals surface area contributed by atoms with Crippen LogP contribution >= 0.6 is 0 Å². The molecule has 0 aliphatic rings. The van der Waals surface area contributed by atoms with Gasteiger partial charge >= 0.3 is 0 Å². The van der Waals surface area contributed by atoms with Crippen molar-refractivity contribution in [1.29, 1.82) is 0 Å². The number of fused-ring (bicyclic) bond motifs is 1. The van der Waals surface area contributed by atoms with Crippen LogP contribution in [0.4, 0.5) is 14.7 Å². The van der Waals surface area contributed by atoms with Gasteiger partial charge in [0.25, 0.3) is 5.56 Å². The summed E-state index contributed by atoms with van der Waals surface area (Å²) in [5.41, 5.74) is 7.87. The molecule has 0 atom stereocenters. The molecule has 0 aliphatic heterocycles. The molecule has 0 saturated heterocycles. The molecule has 8 heteroatoms. The molecule has 0 radical (unpaired) electrons. The standard InChI is InChI=1S/C16H12F2N4O2/c17-10-3-1-2-9(6-10)7-14(23)21-22-15(24)12-5-4-11(18)8-13(12)20-16(22)19/h1-6,8H,7H2,(H2,19,20)(H,21,23). The van der Waals surface area contributed by atoms with Gasteiger partial charge in [0, 0.05) is 6.07 Å². The number of nitrogen functional groups attached to an aromatic ring is 1. The minimum Gasteiger partial charge on any atom is -0.368 e. The maximum absolute atomic E-state index is 13.2. The molecule has 0 aliphatic carbocycles. The van der Waals surface area contributed by atoms with Crippen molar-refractivity contribution in [2.45, 2.75) is 6.42 Å². The second-order valence-corrected chi connectivity index (χ2v) is 5.11. The van der Waals surface area contributed by atoms with Gasteiger partial charge in [-0.1, -0.05) is 12.1 Å². The van der Waals surface area contributed by atoms with E-state index in [-0.39, 0.29) is 23.3 Å². The molecule has 2 aromatic carbocycles. The molecule has 0 saturated carbocycles. The van der Waals surface area contributed by atoms with Gasteiger partial charge < -0.3 is 5.73 Å². The highest BCUT2D eigenvalue weighted by atomic mass is 19.1. The SMILES string of the molecule is Nc1nc2cc(F)ccc2c(=O)n1NC(=O)Cc1cccc(F)c1. The van der Waals surface area contributed by atoms with Crippen molar-refractivity contribution >= 4 is 22.8 Å². The van der Waals surface area contributed by atoms with E-state index < -0.39 is 23.1 Å². The summed E-state index contributed by atoms with van der Waals surface area (Å²) in [7, 11) is 0. The fourth-order valence-electron chi connectivity index (χ4n) is 2.28. The lowest BCUT2D eigenvalue weighted by molar-refractivity contribution is -0.116. The summed E-state index contributed by atoms with van der Waals surface area (Å²) in [6, 6.07) is 8.98. The predicted octanol–water partition coefficient (Wildman–Crippen LogP) is 1.57. The average Bonchev–Trinajstić information content (AvgIpc) is 2.51. The van der Waals surface area contributed by atoms with Gasteiger partial charge in [-0.25, -0.2) is 13.8 Å². The molecule has 3 rings (SSSR count). The lowest BCUT2D eigenvalue weighted by Crippen LogP contribution is -2.36. The smallest absolute Gasteiger partial charge is 0.281 e. The first-order valence-electron chi connectivity index (χ1n) is 6.96. The second-order valence-electron chi connectivity index (χ2n) is 5.11. The van der Waals surface area contributed by atoms with Crippen LogP contribution in [0, 0.1) is 11.6 Å². The van der Waals surface area contributed by atoms with Crippen LogP contribution in [0.1, 0.15) is 5.56 Å². The molecule has 1 heterocycles. The zero-order valence-corrected chi connectivity index (χ0v) is 12.3. The number of carbonyl (C=O) groups excluding carboxylic acids is 1. The summed E-state index contributed by atoms with van der Waals surface area (Å²) in [4.78, 5) is 28.3. The molecule has 6 nitrogen and oxygen atoms in total. The van der Waals surface area contributed by atoms with Crippen LogP contribution in [0.2, 0.25) is 0 Å². The van der Waals surface area contributed by atoms with Crippen LogP contribution in [0.25, 0.3) is 10.9 Å². The van der Waals surface area contributed by atoms with Gasteiger partial charge in [-0.3, -0.25) is 15.0 Å². The summed E-state index contributed by atoms with van der Waals surface area (Å²) >= 11 is 0. The third kappa shape index (κ3) is 3.07. The van der Waals surface area contributed by atoms with Gasteiger partial charge in [-0.15, -0.1) is 0 Å². The molecule has 1 amide bonds. The third-order valence-electron chi connectivity index (χ3n) is 3.35. The lowest BCUT2D eigenvalue weighted by Gasteiger charge is -2.11. The number of halogens is 2. The number of anilines is 1. The molecule has 0 unspecified atom stereocenters. The summed E-state index contributed by atoms with van der Waals surface area (Å²) < 4.78 is 27.1. The molecular weight excluding hydrogens is 318 g/mol. The van der Waals surface area contributed by atoms with E-state index in [9.17, 15) is 18.4 Å². The highest BCUT2D eigenvalue weighted by Gasteiger charge is 2.12. The van der Waals surface area contributed by atoms with Crippen LogP contribution in [0.5, 0.6) is 0 Å². The molecule has 0 fully saturated rings. The van der Waals surface area contributed by atoms with E-state index in [1.807, 2.05) is 0 Å². The Morgan fingerprint density at radius 2 is 1.92 bits per heavy atom. The Labute approximate surface area is 134 Å². The number of aromatic nitrogens is 2. The Morgan fingerprint density at radius 3 is 2.67 bits per heavy atom. The van der Waals surface area contributed by atoms with E-state index in [0.717, 1.165) is 16.8 Å².